The van der Waals surface area contributed by atoms with Crippen molar-refractivity contribution in [1.29, 1.82) is 0 Å². The molecule has 2 N–H and O–H groups in total. The van der Waals surface area contributed by atoms with Crippen LogP contribution in [-0.4, -0.2) is 6.54 Å². The molecule has 0 atom stereocenters. The number of ether oxygens (including phenoxy) is 1. The molecule has 0 bridgehead atoms. The number of nitrogens with two attached hydrogens (primary N) is 1. The Kier molecular flexibility index (Phi) is 4.73. The summed E-state index contributed by atoms with van der Waals surface area (Å²) in [5.74, 6) is -1.63. The molecular formula is C15H14BrF2NO. The van der Waals surface area contributed by atoms with Gasteiger partial charge in [-0.2, -0.15) is 4.39 Å². The summed E-state index contributed by atoms with van der Waals surface area (Å²) in [5, 5.41) is 0. The number of hydrogen-bond donors (Lipinski definition) is 1. The summed E-state index contributed by atoms with van der Waals surface area (Å²) in [5.41, 5.74) is 7.48. The molecule has 20 heavy (non-hydrogen) atoms. The molecule has 0 unspecified atom stereocenters. The topological polar surface area (TPSA) is 35.2 Å². The minimum Gasteiger partial charge on any atom is -0.454 e. The second kappa shape index (κ2) is 6.33. The van der Waals surface area contributed by atoms with Gasteiger partial charge in [0.1, 0.15) is 5.75 Å². The summed E-state index contributed by atoms with van der Waals surface area (Å²) in [4.78, 5) is 0. The smallest absolute Gasteiger partial charge is 0.201 e. The van der Waals surface area contributed by atoms with Gasteiger partial charge in [-0.05, 0) is 43.7 Å². The van der Waals surface area contributed by atoms with Crippen LogP contribution in [0.1, 0.15) is 11.1 Å². The SMILES string of the molecule is Cc1ccc(Oc2cc(Br)cc(F)c2F)c(CCN)c1. The lowest BCUT2D eigenvalue weighted by molar-refractivity contribution is 0.412. The molecule has 0 amide bonds. The average Bonchev–Trinajstić information content (AvgIpc) is 2.38. The first kappa shape index (κ1) is 14.9. The number of hydrogen-bond acceptors (Lipinski definition) is 2. The summed E-state index contributed by atoms with van der Waals surface area (Å²) in [6, 6.07) is 7.96. The Labute approximate surface area is 124 Å². The van der Waals surface area contributed by atoms with Crippen LogP contribution in [-0.2, 0) is 6.42 Å². The Morgan fingerprint density at radius 2 is 1.90 bits per heavy atom. The van der Waals surface area contributed by atoms with Gasteiger partial charge in [0, 0.05) is 4.47 Å². The molecule has 2 aromatic carbocycles. The van der Waals surface area contributed by atoms with E-state index in [2.05, 4.69) is 15.9 Å². The molecule has 0 spiro atoms. The molecule has 0 aliphatic rings. The van der Waals surface area contributed by atoms with Gasteiger partial charge in [-0.3, -0.25) is 0 Å². The highest BCUT2D eigenvalue weighted by Gasteiger charge is 2.14. The molecule has 106 valence electrons. The van der Waals surface area contributed by atoms with Crippen LogP contribution in [0, 0.1) is 18.6 Å². The van der Waals surface area contributed by atoms with Gasteiger partial charge in [0.05, 0.1) is 0 Å². The summed E-state index contributed by atoms with van der Waals surface area (Å²) in [6.45, 7) is 2.40. The van der Waals surface area contributed by atoms with E-state index in [0.29, 0.717) is 23.2 Å². The predicted octanol–water partition coefficient (Wildman–Crippen LogP) is 4.33. The van der Waals surface area contributed by atoms with Crippen LogP contribution in [0.5, 0.6) is 11.5 Å². The maximum Gasteiger partial charge on any atom is 0.201 e. The van der Waals surface area contributed by atoms with E-state index in [1.165, 1.54) is 6.07 Å². The number of benzene rings is 2. The minimum atomic E-state index is -1.01. The van der Waals surface area contributed by atoms with Crippen molar-refractivity contribution in [1.82, 2.24) is 0 Å². The van der Waals surface area contributed by atoms with E-state index in [1.807, 2.05) is 19.1 Å². The van der Waals surface area contributed by atoms with Crippen LogP contribution in [0.2, 0.25) is 0 Å². The molecule has 2 rings (SSSR count). The average molecular weight is 342 g/mol. The minimum absolute atomic E-state index is 0.154. The van der Waals surface area contributed by atoms with E-state index in [-0.39, 0.29) is 5.75 Å². The first-order valence-electron chi connectivity index (χ1n) is 6.13. The van der Waals surface area contributed by atoms with Crippen molar-refractivity contribution in [2.45, 2.75) is 13.3 Å². The number of halogens is 3. The third kappa shape index (κ3) is 3.35. The van der Waals surface area contributed by atoms with Crippen molar-refractivity contribution in [3.05, 3.63) is 57.6 Å². The second-order valence-corrected chi connectivity index (χ2v) is 5.37. The van der Waals surface area contributed by atoms with Crippen molar-refractivity contribution >= 4 is 15.9 Å². The second-order valence-electron chi connectivity index (χ2n) is 4.45. The van der Waals surface area contributed by atoms with Crippen LogP contribution in [0.25, 0.3) is 0 Å². The third-order valence-corrected chi connectivity index (χ3v) is 3.27. The van der Waals surface area contributed by atoms with E-state index in [0.717, 1.165) is 17.2 Å². The van der Waals surface area contributed by atoms with E-state index in [9.17, 15) is 8.78 Å². The Morgan fingerprint density at radius 1 is 1.15 bits per heavy atom. The molecule has 0 saturated carbocycles. The summed E-state index contributed by atoms with van der Waals surface area (Å²) in [7, 11) is 0. The normalized spacial score (nSPS) is 10.7. The van der Waals surface area contributed by atoms with Crippen LogP contribution >= 0.6 is 15.9 Å². The third-order valence-electron chi connectivity index (χ3n) is 2.81. The Balaban J connectivity index is 2.39. The highest BCUT2D eigenvalue weighted by Crippen LogP contribution is 2.31. The molecule has 0 aliphatic heterocycles. The molecule has 0 fully saturated rings. The van der Waals surface area contributed by atoms with Gasteiger partial charge in [-0.15, -0.1) is 0 Å². The van der Waals surface area contributed by atoms with Crippen molar-refractivity contribution in [3.8, 4) is 11.5 Å². The van der Waals surface area contributed by atoms with Gasteiger partial charge in [-0.1, -0.05) is 33.6 Å². The lowest BCUT2D eigenvalue weighted by Gasteiger charge is -2.12. The fraction of sp³-hybridized carbons (Fsp3) is 0.200. The lowest BCUT2D eigenvalue weighted by atomic mass is 10.1. The number of aryl methyl sites for hydroxylation is 1. The molecule has 0 heterocycles. The van der Waals surface area contributed by atoms with Crippen LogP contribution in [0.3, 0.4) is 0 Å². The van der Waals surface area contributed by atoms with Crippen LogP contribution in [0.15, 0.2) is 34.8 Å². The van der Waals surface area contributed by atoms with Gasteiger partial charge in [-0.25, -0.2) is 4.39 Å². The van der Waals surface area contributed by atoms with Gasteiger partial charge < -0.3 is 10.5 Å². The van der Waals surface area contributed by atoms with Crippen molar-refractivity contribution < 1.29 is 13.5 Å². The zero-order chi connectivity index (χ0) is 14.7. The fourth-order valence-electron chi connectivity index (χ4n) is 1.88. The molecular weight excluding hydrogens is 328 g/mol. The summed E-state index contributed by atoms with van der Waals surface area (Å²) < 4.78 is 33.0. The first-order chi connectivity index (χ1) is 9.51. The van der Waals surface area contributed by atoms with E-state index >= 15 is 0 Å². The number of rotatable bonds is 4. The highest BCUT2D eigenvalue weighted by molar-refractivity contribution is 9.10. The lowest BCUT2D eigenvalue weighted by Crippen LogP contribution is -2.04. The van der Waals surface area contributed by atoms with Gasteiger partial charge in [0.15, 0.2) is 11.6 Å². The summed E-state index contributed by atoms with van der Waals surface area (Å²) >= 11 is 3.11. The van der Waals surface area contributed by atoms with Crippen LogP contribution < -0.4 is 10.5 Å². The van der Waals surface area contributed by atoms with Gasteiger partial charge >= 0.3 is 0 Å². The zero-order valence-corrected chi connectivity index (χ0v) is 12.5. The van der Waals surface area contributed by atoms with Crippen molar-refractivity contribution in [2.24, 2.45) is 5.73 Å². The van der Waals surface area contributed by atoms with Gasteiger partial charge in [0.25, 0.3) is 0 Å². The molecule has 0 saturated heterocycles. The van der Waals surface area contributed by atoms with Crippen molar-refractivity contribution in [2.75, 3.05) is 6.54 Å². The maximum atomic E-state index is 13.7. The fourth-order valence-corrected chi connectivity index (χ4v) is 2.29. The van der Waals surface area contributed by atoms with E-state index in [4.69, 9.17) is 10.5 Å². The molecule has 0 radical (unpaired) electrons. The molecule has 2 aromatic rings. The summed E-state index contributed by atoms with van der Waals surface area (Å²) in [6.07, 6.45) is 0.606. The van der Waals surface area contributed by atoms with E-state index < -0.39 is 11.6 Å². The highest BCUT2D eigenvalue weighted by atomic mass is 79.9. The Morgan fingerprint density at radius 3 is 2.60 bits per heavy atom. The standard InChI is InChI=1S/C15H14BrF2NO/c1-9-2-3-13(10(6-9)4-5-19)20-14-8-11(16)7-12(17)15(14)18/h2-3,6-8H,4-5,19H2,1H3. The monoisotopic (exact) mass is 341 g/mol. The molecule has 0 aliphatic carbocycles. The van der Waals surface area contributed by atoms with Crippen molar-refractivity contribution in [3.63, 3.8) is 0 Å². The Bertz CT molecular complexity index is 632. The molecule has 0 aromatic heterocycles. The largest absolute Gasteiger partial charge is 0.454 e. The van der Waals surface area contributed by atoms with Crippen LogP contribution in [0.4, 0.5) is 8.78 Å². The molecule has 2 nitrogen and oxygen atoms in total. The van der Waals surface area contributed by atoms with E-state index in [1.54, 1.807) is 6.07 Å². The predicted molar refractivity (Wildman–Crippen MR) is 78.1 cm³/mol. The zero-order valence-electron chi connectivity index (χ0n) is 10.9. The Hall–Kier alpha value is -1.46. The quantitative estimate of drug-likeness (QED) is 0.840. The first-order valence-corrected chi connectivity index (χ1v) is 6.92. The van der Waals surface area contributed by atoms with Gasteiger partial charge in [0.2, 0.25) is 5.82 Å². The maximum absolute atomic E-state index is 13.7. The molecule has 5 heteroatoms.